The van der Waals surface area contributed by atoms with E-state index < -0.39 is 5.54 Å². The highest BCUT2D eigenvalue weighted by molar-refractivity contribution is 5.85. The first-order valence-electron chi connectivity index (χ1n) is 5.83. The second-order valence-electron chi connectivity index (χ2n) is 4.58. The number of carbonyl (C=O) groups excluding carboxylic acids is 1. The molecule has 1 fully saturated rings. The second kappa shape index (κ2) is 6.18. The Kier molecular flexibility index (Phi) is 5.18. The molecule has 1 rings (SSSR count). The third kappa shape index (κ3) is 4.08. The Bertz CT molecular complexity index is 225. The number of carbonyl (C=O) groups is 1. The number of nitrogens with zero attached hydrogens (tertiary/aromatic N) is 1. The van der Waals surface area contributed by atoms with Crippen molar-refractivity contribution in [3.8, 4) is 0 Å². The number of hydrogen-bond acceptors (Lipinski definition) is 4. The van der Waals surface area contributed by atoms with Gasteiger partial charge in [-0.25, -0.2) is 0 Å². The van der Waals surface area contributed by atoms with E-state index in [1.165, 1.54) is 0 Å². The van der Waals surface area contributed by atoms with Gasteiger partial charge in [0.1, 0.15) is 0 Å². The molecule has 5 nitrogen and oxygen atoms in total. The van der Waals surface area contributed by atoms with Crippen LogP contribution in [0.1, 0.15) is 13.8 Å². The van der Waals surface area contributed by atoms with Crippen molar-refractivity contribution in [2.75, 3.05) is 46.4 Å². The van der Waals surface area contributed by atoms with E-state index in [4.69, 9.17) is 4.74 Å². The molecular formula is C11H23N3O2. The van der Waals surface area contributed by atoms with Gasteiger partial charge in [-0.2, -0.15) is 0 Å². The number of ether oxygens (including phenoxy) is 1. The smallest absolute Gasteiger partial charge is 0.239 e. The number of likely N-dealkylation sites (N-methyl/N-ethyl adjacent to an activating group) is 1. The molecule has 1 aliphatic rings. The summed E-state index contributed by atoms with van der Waals surface area (Å²) in [5, 5.41) is 5.92. The topological polar surface area (TPSA) is 53.6 Å². The van der Waals surface area contributed by atoms with Gasteiger partial charge in [-0.05, 0) is 20.9 Å². The maximum absolute atomic E-state index is 11.7. The zero-order chi connectivity index (χ0) is 12.0. The molecule has 1 amide bonds. The lowest BCUT2D eigenvalue weighted by Gasteiger charge is -2.28. The van der Waals surface area contributed by atoms with Crippen LogP contribution in [-0.2, 0) is 9.53 Å². The Labute approximate surface area is 97.5 Å². The highest BCUT2D eigenvalue weighted by Gasteiger charge is 2.24. The van der Waals surface area contributed by atoms with Gasteiger partial charge < -0.3 is 15.4 Å². The van der Waals surface area contributed by atoms with E-state index in [9.17, 15) is 4.79 Å². The minimum atomic E-state index is -0.495. The first kappa shape index (κ1) is 13.4. The summed E-state index contributed by atoms with van der Waals surface area (Å²) in [5.74, 6) is 0.0447. The molecule has 1 heterocycles. The summed E-state index contributed by atoms with van der Waals surface area (Å²) >= 11 is 0. The van der Waals surface area contributed by atoms with E-state index in [1.54, 1.807) is 7.05 Å². The first-order chi connectivity index (χ1) is 7.56. The van der Waals surface area contributed by atoms with Gasteiger partial charge in [-0.15, -0.1) is 0 Å². The minimum Gasteiger partial charge on any atom is -0.379 e. The molecule has 0 saturated carbocycles. The number of morpholine rings is 1. The summed E-state index contributed by atoms with van der Waals surface area (Å²) < 4.78 is 5.26. The number of amides is 1. The van der Waals surface area contributed by atoms with Crippen LogP contribution in [0.2, 0.25) is 0 Å². The van der Waals surface area contributed by atoms with Gasteiger partial charge in [-0.1, -0.05) is 0 Å². The molecule has 0 spiro atoms. The van der Waals surface area contributed by atoms with Gasteiger partial charge >= 0.3 is 0 Å². The zero-order valence-corrected chi connectivity index (χ0v) is 10.5. The van der Waals surface area contributed by atoms with Crippen LogP contribution < -0.4 is 10.6 Å². The van der Waals surface area contributed by atoms with Crippen molar-refractivity contribution in [2.45, 2.75) is 19.4 Å². The lowest BCUT2D eigenvalue weighted by Crippen LogP contribution is -2.52. The van der Waals surface area contributed by atoms with Crippen molar-refractivity contribution in [3.63, 3.8) is 0 Å². The fourth-order valence-electron chi connectivity index (χ4n) is 1.49. The molecule has 1 aliphatic heterocycles. The Morgan fingerprint density at radius 2 is 2.00 bits per heavy atom. The summed E-state index contributed by atoms with van der Waals surface area (Å²) in [4.78, 5) is 14.0. The predicted molar refractivity (Wildman–Crippen MR) is 63.4 cm³/mol. The Hall–Kier alpha value is -0.650. The van der Waals surface area contributed by atoms with Gasteiger partial charge in [-0.3, -0.25) is 9.69 Å². The summed E-state index contributed by atoms with van der Waals surface area (Å²) in [6.45, 7) is 8.87. The molecule has 2 N–H and O–H groups in total. The molecule has 0 aromatic carbocycles. The van der Waals surface area contributed by atoms with Crippen LogP contribution in [0.3, 0.4) is 0 Å². The third-order valence-corrected chi connectivity index (χ3v) is 3.01. The molecule has 5 heteroatoms. The van der Waals surface area contributed by atoms with E-state index in [-0.39, 0.29) is 5.91 Å². The number of hydrogen-bond donors (Lipinski definition) is 2. The second-order valence-corrected chi connectivity index (χ2v) is 4.58. The maximum atomic E-state index is 11.7. The average Bonchev–Trinajstić information content (AvgIpc) is 2.30. The van der Waals surface area contributed by atoms with Crippen LogP contribution in [0.15, 0.2) is 0 Å². The van der Waals surface area contributed by atoms with Crippen LogP contribution in [0.25, 0.3) is 0 Å². The Balaban J connectivity index is 2.17. The van der Waals surface area contributed by atoms with E-state index in [0.717, 1.165) is 32.8 Å². The van der Waals surface area contributed by atoms with Gasteiger partial charge in [0.05, 0.1) is 18.8 Å². The molecule has 0 aliphatic carbocycles. The molecule has 0 bridgehead atoms. The summed E-state index contributed by atoms with van der Waals surface area (Å²) in [7, 11) is 1.79. The monoisotopic (exact) mass is 229 g/mol. The summed E-state index contributed by atoms with van der Waals surface area (Å²) in [6, 6.07) is 0. The molecule has 1 saturated heterocycles. The molecule has 0 aromatic heterocycles. The van der Waals surface area contributed by atoms with Gasteiger partial charge in [0.25, 0.3) is 0 Å². The van der Waals surface area contributed by atoms with Crippen molar-refractivity contribution in [1.29, 1.82) is 0 Å². The van der Waals surface area contributed by atoms with Crippen LogP contribution in [0.5, 0.6) is 0 Å². The molecule has 16 heavy (non-hydrogen) atoms. The zero-order valence-electron chi connectivity index (χ0n) is 10.5. The highest BCUT2D eigenvalue weighted by atomic mass is 16.5. The number of nitrogens with one attached hydrogen (secondary N) is 2. The first-order valence-corrected chi connectivity index (χ1v) is 5.83. The molecule has 94 valence electrons. The molecule has 0 aromatic rings. The highest BCUT2D eigenvalue weighted by Crippen LogP contribution is 2.00. The Morgan fingerprint density at radius 1 is 1.38 bits per heavy atom. The van der Waals surface area contributed by atoms with Crippen molar-refractivity contribution in [1.82, 2.24) is 15.5 Å². The number of rotatable bonds is 5. The normalized spacial score (nSPS) is 18.4. The van der Waals surface area contributed by atoms with Crippen molar-refractivity contribution in [2.24, 2.45) is 0 Å². The maximum Gasteiger partial charge on any atom is 0.239 e. The van der Waals surface area contributed by atoms with E-state index in [2.05, 4.69) is 15.5 Å². The lowest BCUT2D eigenvalue weighted by molar-refractivity contribution is -0.126. The Morgan fingerprint density at radius 3 is 2.56 bits per heavy atom. The van der Waals surface area contributed by atoms with Crippen molar-refractivity contribution in [3.05, 3.63) is 0 Å². The van der Waals surface area contributed by atoms with Gasteiger partial charge in [0.2, 0.25) is 5.91 Å². The SMILES string of the molecule is CNC(C)(C)C(=O)NCCN1CCOCC1. The molecule has 0 atom stereocenters. The predicted octanol–water partition coefficient (Wildman–Crippen LogP) is -0.567. The van der Waals surface area contributed by atoms with E-state index in [1.807, 2.05) is 13.8 Å². The fraction of sp³-hybridized carbons (Fsp3) is 0.909. The lowest BCUT2D eigenvalue weighted by atomic mass is 10.1. The summed E-state index contributed by atoms with van der Waals surface area (Å²) in [6.07, 6.45) is 0. The fourth-order valence-corrected chi connectivity index (χ4v) is 1.49. The third-order valence-electron chi connectivity index (χ3n) is 3.01. The average molecular weight is 229 g/mol. The van der Waals surface area contributed by atoms with Crippen LogP contribution >= 0.6 is 0 Å². The van der Waals surface area contributed by atoms with E-state index >= 15 is 0 Å². The molecular weight excluding hydrogens is 206 g/mol. The summed E-state index contributed by atoms with van der Waals surface area (Å²) in [5.41, 5.74) is -0.495. The van der Waals surface area contributed by atoms with E-state index in [0.29, 0.717) is 6.54 Å². The van der Waals surface area contributed by atoms with Gasteiger partial charge in [0, 0.05) is 26.2 Å². The largest absolute Gasteiger partial charge is 0.379 e. The van der Waals surface area contributed by atoms with Crippen LogP contribution in [0, 0.1) is 0 Å². The van der Waals surface area contributed by atoms with Crippen molar-refractivity contribution >= 4 is 5.91 Å². The standard InChI is InChI=1S/C11H23N3O2/c1-11(2,12-3)10(15)13-4-5-14-6-8-16-9-7-14/h12H,4-9H2,1-3H3,(H,13,15). The molecule has 0 radical (unpaired) electrons. The quantitative estimate of drug-likeness (QED) is 0.663. The van der Waals surface area contributed by atoms with Crippen molar-refractivity contribution < 1.29 is 9.53 Å². The van der Waals surface area contributed by atoms with Crippen LogP contribution in [-0.4, -0.2) is 62.8 Å². The minimum absolute atomic E-state index is 0.0447. The van der Waals surface area contributed by atoms with Gasteiger partial charge in [0.15, 0.2) is 0 Å². The molecule has 0 unspecified atom stereocenters. The van der Waals surface area contributed by atoms with Crippen LogP contribution in [0.4, 0.5) is 0 Å².